The molecule has 6 heterocycles. The third-order valence-corrected chi connectivity index (χ3v) is 15.6. The van der Waals surface area contributed by atoms with Gasteiger partial charge in [0.15, 0.2) is 11.9 Å². The number of aromatic nitrogens is 3. The quantitative estimate of drug-likeness (QED) is 0.0277. The second-order valence-electron chi connectivity index (χ2n) is 21.5. The maximum absolute atomic E-state index is 16.5. The molecule has 4 atom stereocenters. The number of aromatic amines is 1. The van der Waals surface area contributed by atoms with Gasteiger partial charge >= 0.3 is 23.6 Å². The van der Waals surface area contributed by atoms with Gasteiger partial charge in [-0.1, -0.05) is 90.0 Å². The van der Waals surface area contributed by atoms with Gasteiger partial charge in [0, 0.05) is 80.1 Å². The van der Waals surface area contributed by atoms with Crippen molar-refractivity contribution in [2.75, 3.05) is 44.3 Å². The van der Waals surface area contributed by atoms with Crippen LogP contribution in [0.4, 0.5) is 19.0 Å². The van der Waals surface area contributed by atoms with Gasteiger partial charge in [-0.3, -0.25) is 29.1 Å². The number of carbonyl (C=O) groups is 4. The summed E-state index contributed by atoms with van der Waals surface area (Å²) in [7, 11) is 0. The number of phenols is 1. The zero-order valence-corrected chi connectivity index (χ0v) is 45.2. The van der Waals surface area contributed by atoms with Gasteiger partial charge in [0.05, 0.1) is 16.5 Å². The molecule has 4 fully saturated rings. The third kappa shape index (κ3) is 15.3. The van der Waals surface area contributed by atoms with E-state index in [4.69, 9.17) is 20.6 Å². The number of benzene rings is 2. The van der Waals surface area contributed by atoms with Crippen LogP contribution in [0.2, 0.25) is 0 Å². The number of piperazine rings is 1. The molecule has 2 aromatic heterocycles. The molecule has 77 heavy (non-hydrogen) atoms. The molecular weight excluding hydrogens is 994 g/mol. The second-order valence-corrected chi connectivity index (χ2v) is 21.5. The molecule has 0 radical (unpaired) electrons. The fourth-order valence-corrected chi connectivity index (χ4v) is 11.6. The average Bonchev–Trinajstić information content (AvgIpc) is 4.03. The molecule has 2 bridgehead atoms. The normalized spacial score (nSPS) is 19.8. The number of rotatable bonds is 25. The van der Waals surface area contributed by atoms with Gasteiger partial charge in [-0.05, 0) is 88.4 Å². The molecule has 2 unspecified atom stereocenters. The first-order valence-corrected chi connectivity index (χ1v) is 28.1. The van der Waals surface area contributed by atoms with Crippen LogP contribution in [-0.4, -0.2) is 123 Å². The number of aromatic hydroxyl groups is 1. The molecule has 8 rings (SSSR count). The maximum atomic E-state index is 16.5. The zero-order chi connectivity index (χ0) is 55.1. The molecule has 15 nitrogen and oxygen atoms in total. The van der Waals surface area contributed by atoms with E-state index in [9.17, 15) is 37.9 Å². The topological polar surface area (TPSA) is 185 Å². The number of terminal acetylenes is 1. The Morgan fingerprint density at radius 3 is 2.10 bits per heavy atom. The van der Waals surface area contributed by atoms with Crippen molar-refractivity contribution in [2.45, 2.75) is 192 Å². The van der Waals surface area contributed by atoms with Crippen LogP contribution in [0, 0.1) is 24.0 Å². The van der Waals surface area contributed by atoms with Crippen molar-refractivity contribution in [3.8, 4) is 29.4 Å². The van der Waals surface area contributed by atoms with Crippen molar-refractivity contribution in [3.05, 3.63) is 58.1 Å². The molecule has 1 amide bonds. The number of halogens is 3. The molecule has 18 heteroatoms. The van der Waals surface area contributed by atoms with E-state index < -0.39 is 47.5 Å². The van der Waals surface area contributed by atoms with Crippen molar-refractivity contribution >= 4 is 51.3 Å². The van der Waals surface area contributed by atoms with E-state index in [2.05, 4.69) is 46.5 Å². The zero-order valence-electron chi connectivity index (χ0n) is 45.2. The highest BCUT2D eigenvalue weighted by molar-refractivity contribution is 6.03. The number of fused-ring (bicyclic) bond motifs is 5. The number of anilines is 1. The number of esters is 3. The summed E-state index contributed by atoms with van der Waals surface area (Å²) in [4.78, 5) is 81.8. The molecule has 418 valence electrons. The summed E-state index contributed by atoms with van der Waals surface area (Å²) >= 11 is 0. The summed E-state index contributed by atoms with van der Waals surface area (Å²) in [6.07, 6.45) is 22.9. The molecular formula is C59H77F3N6O9. The first kappa shape index (κ1) is 58.5. The number of carbonyl (C=O) groups excluding carboxylic acids is 4. The molecule has 4 aliphatic rings. The fraction of sp³-hybridized carbons (Fsp3) is 0.610. The average molecular weight is 1070 g/mol. The molecule has 0 aliphatic carbocycles. The van der Waals surface area contributed by atoms with E-state index in [1.165, 1.54) is 37.2 Å². The lowest BCUT2D eigenvalue weighted by Gasteiger charge is -2.41. The Kier molecular flexibility index (Phi) is 21.2. The van der Waals surface area contributed by atoms with Gasteiger partial charge in [0.25, 0.3) is 0 Å². The molecule has 2 aromatic carbocycles. The minimum atomic E-state index is -0.989. The highest BCUT2D eigenvalue weighted by atomic mass is 19.1. The van der Waals surface area contributed by atoms with E-state index in [0.717, 1.165) is 83.2 Å². The number of hydrogen-bond acceptors (Lipinski definition) is 13. The van der Waals surface area contributed by atoms with Gasteiger partial charge < -0.3 is 34.1 Å². The number of pyridine rings is 1. The number of nitrogens with one attached hydrogen (secondary N) is 1. The van der Waals surface area contributed by atoms with E-state index in [1.807, 2.05) is 9.80 Å². The Bertz CT molecular complexity index is 2760. The highest BCUT2D eigenvalue weighted by Crippen LogP contribution is 2.41. The van der Waals surface area contributed by atoms with Crippen LogP contribution in [0.5, 0.6) is 5.75 Å². The van der Waals surface area contributed by atoms with Gasteiger partial charge in [-0.25, -0.2) is 18.0 Å². The fourth-order valence-electron chi connectivity index (χ4n) is 11.6. The number of amides is 1. The lowest BCUT2D eigenvalue weighted by atomic mass is 9.96. The third-order valence-electron chi connectivity index (χ3n) is 15.6. The molecule has 4 aromatic rings. The summed E-state index contributed by atoms with van der Waals surface area (Å²) in [5.41, 5.74) is -1.11. The smallest absolute Gasteiger partial charge is 0.347 e. The number of ether oxygens (including phenoxy) is 3. The monoisotopic (exact) mass is 1070 g/mol. The van der Waals surface area contributed by atoms with E-state index in [0.29, 0.717) is 50.7 Å². The number of H-pyrrole nitrogens is 1. The highest BCUT2D eigenvalue weighted by Gasteiger charge is 2.45. The first-order valence-electron chi connectivity index (χ1n) is 28.1. The molecule has 4 aliphatic heterocycles. The largest absolute Gasteiger partial charge is 0.508 e. The lowest BCUT2D eigenvalue weighted by molar-refractivity contribution is -0.167. The predicted molar refractivity (Wildman–Crippen MR) is 289 cm³/mol. The van der Waals surface area contributed by atoms with Crippen molar-refractivity contribution in [1.29, 1.82) is 0 Å². The van der Waals surface area contributed by atoms with Crippen molar-refractivity contribution in [3.63, 3.8) is 0 Å². The number of hydrogen-bond donors (Lipinski definition) is 2. The van der Waals surface area contributed by atoms with Gasteiger partial charge in [-0.15, -0.1) is 6.42 Å². The predicted octanol–water partition coefficient (Wildman–Crippen LogP) is 10.5. The van der Waals surface area contributed by atoms with Crippen LogP contribution in [0.25, 0.3) is 32.9 Å². The minimum absolute atomic E-state index is 0.0403. The van der Waals surface area contributed by atoms with E-state index >= 15 is 4.39 Å². The lowest BCUT2D eigenvalue weighted by Crippen LogP contribution is -2.56. The van der Waals surface area contributed by atoms with Crippen LogP contribution >= 0.6 is 0 Å². The van der Waals surface area contributed by atoms with Crippen LogP contribution in [0.15, 0.2) is 35.3 Å². The van der Waals surface area contributed by atoms with Gasteiger partial charge in [0.2, 0.25) is 5.91 Å². The molecule has 4 saturated heterocycles. The van der Waals surface area contributed by atoms with Crippen molar-refractivity contribution in [2.24, 2.45) is 0 Å². The van der Waals surface area contributed by atoms with Crippen LogP contribution in [0.3, 0.4) is 0 Å². The Balaban J connectivity index is 0.000000764. The number of phenolic OH excluding ortho intramolecular Hbond substituents is 1. The number of unbranched alkanes of at least 4 members (excludes halogenated alkanes) is 10. The Morgan fingerprint density at radius 2 is 1.48 bits per heavy atom. The Morgan fingerprint density at radius 1 is 0.857 bits per heavy atom. The first-order chi connectivity index (χ1) is 37.1. The summed E-state index contributed by atoms with van der Waals surface area (Å²) < 4.78 is 60.7. The van der Waals surface area contributed by atoms with E-state index in [-0.39, 0.29) is 114 Å². The van der Waals surface area contributed by atoms with E-state index in [1.54, 1.807) is 0 Å². The number of alkyl halides is 1. The minimum Gasteiger partial charge on any atom is -0.508 e. The SMILES string of the molecule is C#Cc1c(F)ccc2cc(O)cc(-c3ncc4c(N5CC6CCC(C5)N6C(=O)CCCC(=O)OC(COC(=O)CCCCCCCC)COC(=O)CCCCCCCC)nc(=O)[nH]c4c3F)c12.C[C@@]12CCCN1C[C@H](F)C2. The standard InChI is InChI=1S/C51H63F2N5O9.C8H14FN/c1-4-7-9-11-13-15-19-43(61)65-31-37(32-66-44(62)20-16-14-12-10-8-5-2)67-45(63)21-17-18-42(60)58-34-23-24-35(58)30-57(29-34)50-40-28-54-48(47(53)49(40)55-51(64)56-50)39-27-36(59)26-33-22-25-41(52)38(6-3)46(33)39;1-8-3-2-4-10(8)6-7(9)5-8/h3,22,25-28,34-35,37,59H,4-5,7-21,23-24,29-32H2,1-2H3,(H,55,56,64);7H,2-6H2,1H3/t;7-,8+/m.1/s1. The molecule has 0 spiro atoms. The van der Waals surface area contributed by atoms with Crippen molar-refractivity contribution < 1.29 is 51.7 Å². The van der Waals surface area contributed by atoms with Crippen LogP contribution in [0.1, 0.15) is 168 Å². The van der Waals surface area contributed by atoms with Crippen molar-refractivity contribution in [1.82, 2.24) is 24.8 Å². The summed E-state index contributed by atoms with van der Waals surface area (Å²) in [5, 5.41) is 11.2. The second kappa shape index (κ2) is 27.9. The summed E-state index contributed by atoms with van der Waals surface area (Å²) in [6.45, 7) is 8.41. The van der Waals surface area contributed by atoms with Gasteiger partial charge in [0.1, 0.15) is 42.5 Å². The molecule has 2 N–H and O–H groups in total. The maximum Gasteiger partial charge on any atom is 0.347 e. The van der Waals surface area contributed by atoms with Gasteiger partial charge in [-0.2, -0.15) is 4.98 Å². The molecule has 0 saturated carbocycles. The Labute approximate surface area is 450 Å². The summed E-state index contributed by atoms with van der Waals surface area (Å²) in [6, 6.07) is 4.70. The number of nitrogens with zero attached hydrogens (tertiary/aromatic N) is 5. The summed E-state index contributed by atoms with van der Waals surface area (Å²) in [5.74, 6) is -0.921. The Hall–Kier alpha value is -6.22. The van der Waals surface area contributed by atoms with Crippen LogP contribution in [-0.2, 0) is 33.4 Å². The van der Waals surface area contributed by atoms with Crippen LogP contribution < -0.4 is 10.6 Å².